The van der Waals surface area contributed by atoms with E-state index in [0.717, 1.165) is 22.0 Å². The molecule has 7 heteroatoms. The van der Waals surface area contributed by atoms with Crippen molar-refractivity contribution in [3.63, 3.8) is 0 Å². The Hall–Kier alpha value is -3.66. The lowest BCUT2D eigenvalue weighted by atomic mass is 9.78. The van der Waals surface area contributed by atoms with Crippen molar-refractivity contribution in [2.24, 2.45) is 13.0 Å². The summed E-state index contributed by atoms with van der Waals surface area (Å²) < 4.78 is 24.3. The molecule has 2 atom stereocenters. The molecule has 7 nitrogen and oxygen atoms in total. The third kappa shape index (κ3) is 2.18. The Morgan fingerprint density at radius 2 is 2.07 bits per heavy atom. The fourth-order valence-corrected chi connectivity index (χ4v) is 4.04. The second-order valence-corrected chi connectivity index (χ2v) is 6.85. The minimum Gasteiger partial charge on any atom is -0.493 e. The smallest absolute Gasteiger partial charge is 0.231 e. The lowest BCUT2D eigenvalue weighted by Gasteiger charge is -2.31. The van der Waals surface area contributed by atoms with Crippen LogP contribution in [-0.2, 0) is 7.05 Å². The summed E-state index contributed by atoms with van der Waals surface area (Å²) in [5, 5.41) is 19.1. The molecule has 3 aromatic rings. The van der Waals surface area contributed by atoms with Gasteiger partial charge >= 0.3 is 0 Å². The summed E-state index contributed by atoms with van der Waals surface area (Å²) in [6, 6.07) is 11.9. The number of rotatable bonds is 2. The maximum absolute atomic E-state index is 9.79. The van der Waals surface area contributed by atoms with E-state index in [2.05, 4.69) is 6.07 Å². The summed E-state index contributed by atoms with van der Waals surface area (Å²) in [6.45, 7) is 0.127. The van der Waals surface area contributed by atoms with Gasteiger partial charge in [0.1, 0.15) is 11.7 Å². The molecule has 0 bridgehead atoms. The number of hydrogen-bond donors (Lipinski definition) is 1. The van der Waals surface area contributed by atoms with Crippen LogP contribution < -0.4 is 18.9 Å². The maximum Gasteiger partial charge on any atom is 0.231 e. The van der Waals surface area contributed by atoms with E-state index in [0.29, 0.717) is 23.0 Å². The van der Waals surface area contributed by atoms with E-state index in [1.807, 2.05) is 48.1 Å². The zero-order chi connectivity index (χ0) is 19.4. The van der Waals surface area contributed by atoms with Crippen LogP contribution in [0, 0.1) is 22.7 Å². The predicted octanol–water partition coefficient (Wildman–Crippen LogP) is 3.56. The number of aryl methyl sites for hydroxylation is 1. The van der Waals surface area contributed by atoms with Crippen molar-refractivity contribution in [3.8, 4) is 29.1 Å². The van der Waals surface area contributed by atoms with Gasteiger partial charge < -0.3 is 23.5 Å². The van der Waals surface area contributed by atoms with Gasteiger partial charge in [-0.2, -0.15) is 5.26 Å². The summed E-state index contributed by atoms with van der Waals surface area (Å²) in [7, 11) is 3.53. The van der Waals surface area contributed by atoms with Gasteiger partial charge in [0.2, 0.25) is 18.4 Å². The molecule has 28 heavy (non-hydrogen) atoms. The van der Waals surface area contributed by atoms with E-state index < -0.39 is 5.92 Å². The molecule has 0 saturated carbocycles. The molecule has 3 heterocycles. The lowest BCUT2D eigenvalue weighted by Crippen LogP contribution is -2.31. The Kier molecular flexibility index (Phi) is 3.49. The third-order valence-corrected chi connectivity index (χ3v) is 5.39. The van der Waals surface area contributed by atoms with Crippen molar-refractivity contribution in [1.29, 1.82) is 10.7 Å². The highest BCUT2D eigenvalue weighted by Gasteiger charge is 2.39. The topological polar surface area (TPSA) is 89.5 Å². The fraction of sp³-hybridized carbons (Fsp3) is 0.238. The molecule has 5 rings (SSSR count). The number of hydrogen-bond acceptors (Lipinski definition) is 6. The van der Waals surface area contributed by atoms with E-state index >= 15 is 0 Å². The zero-order valence-corrected chi connectivity index (χ0v) is 15.4. The first kappa shape index (κ1) is 16.5. The minimum absolute atomic E-state index is 0.0620. The Morgan fingerprint density at radius 1 is 1.21 bits per heavy atom. The van der Waals surface area contributed by atoms with Gasteiger partial charge in [0.05, 0.1) is 18.7 Å². The van der Waals surface area contributed by atoms with E-state index in [1.54, 1.807) is 7.11 Å². The fourth-order valence-electron chi connectivity index (χ4n) is 4.04. The SMILES string of the molecule is COc1cc(C2c3ccc4c(ccn4C)c3OC(=N)C2C#N)cc2c1OCO2. The Balaban J connectivity index is 1.76. The van der Waals surface area contributed by atoms with Crippen LogP contribution >= 0.6 is 0 Å². The number of ether oxygens (including phenoxy) is 4. The second kappa shape index (κ2) is 5.92. The predicted molar refractivity (Wildman–Crippen MR) is 101 cm³/mol. The lowest BCUT2D eigenvalue weighted by molar-refractivity contribution is 0.171. The van der Waals surface area contributed by atoms with Crippen LogP contribution in [-0.4, -0.2) is 24.4 Å². The van der Waals surface area contributed by atoms with Crippen LogP contribution in [0.3, 0.4) is 0 Å². The molecular formula is C21H17N3O4. The van der Waals surface area contributed by atoms with Gasteiger partial charge in [-0.3, -0.25) is 5.41 Å². The van der Waals surface area contributed by atoms with Crippen molar-refractivity contribution >= 4 is 16.8 Å². The van der Waals surface area contributed by atoms with Crippen molar-refractivity contribution in [3.05, 3.63) is 47.7 Å². The van der Waals surface area contributed by atoms with Gasteiger partial charge in [0, 0.05) is 30.1 Å². The number of aromatic nitrogens is 1. The maximum atomic E-state index is 9.79. The summed E-state index contributed by atoms with van der Waals surface area (Å²) in [6.07, 6.45) is 1.95. The van der Waals surface area contributed by atoms with Crippen molar-refractivity contribution in [2.45, 2.75) is 5.92 Å². The van der Waals surface area contributed by atoms with Crippen LogP contribution in [0.4, 0.5) is 0 Å². The summed E-state index contributed by atoms with van der Waals surface area (Å²) in [5.74, 6) is 1.10. The molecule has 0 saturated heterocycles. The van der Waals surface area contributed by atoms with Crippen LogP contribution in [0.15, 0.2) is 36.5 Å². The van der Waals surface area contributed by atoms with Gasteiger partial charge in [-0.1, -0.05) is 6.07 Å². The molecule has 0 amide bonds. The van der Waals surface area contributed by atoms with E-state index in [9.17, 15) is 5.26 Å². The standard InChI is InChI=1S/C21H17N3O4/c1-24-6-5-12-15(24)4-3-13-18(14(9-22)21(23)28-19(12)13)11-7-16(25-2)20-17(8-11)26-10-27-20/h3-8,14,18,23H,10H2,1-2H3. The molecule has 1 aromatic heterocycles. The minimum atomic E-state index is -0.751. The molecule has 2 aliphatic heterocycles. The number of benzene rings is 2. The monoisotopic (exact) mass is 375 g/mol. The van der Waals surface area contributed by atoms with Crippen LogP contribution in [0.1, 0.15) is 17.0 Å². The third-order valence-electron chi connectivity index (χ3n) is 5.39. The van der Waals surface area contributed by atoms with E-state index in [-0.39, 0.29) is 18.6 Å². The van der Waals surface area contributed by atoms with Crippen molar-refractivity contribution in [2.75, 3.05) is 13.9 Å². The first-order valence-corrected chi connectivity index (χ1v) is 8.83. The Labute approximate surface area is 161 Å². The molecule has 0 aliphatic carbocycles. The first-order chi connectivity index (χ1) is 13.6. The average Bonchev–Trinajstić information content (AvgIpc) is 3.33. The second-order valence-electron chi connectivity index (χ2n) is 6.85. The van der Waals surface area contributed by atoms with Gasteiger partial charge in [-0.15, -0.1) is 0 Å². The Bertz CT molecular complexity index is 1170. The van der Waals surface area contributed by atoms with Crippen LogP contribution in [0.25, 0.3) is 10.9 Å². The molecule has 1 N–H and O–H groups in total. The highest BCUT2D eigenvalue weighted by Crippen LogP contribution is 2.49. The normalized spacial score (nSPS) is 19.8. The largest absolute Gasteiger partial charge is 0.493 e. The number of nitrogens with zero attached hydrogens (tertiary/aromatic N) is 2. The number of nitriles is 1. The molecular weight excluding hydrogens is 358 g/mol. The quantitative estimate of drug-likeness (QED) is 0.740. The van der Waals surface area contributed by atoms with Crippen molar-refractivity contribution in [1.82, 2.24) is 4.57 Å². The summed E-state index contributed by atoms with van der Waals surface area (Å²) >= 11 is 0. The Morgan fingerprint density at radius 3 is 2.86 bits per heavy atom. The van der Waals surface area contributed by atoms with E-state index in [4.69, 9.17) is 24.4 Å². The van der Waals surface area contributed by atoms with Crippen LogP contribution in [0.5, 0.6) is 23.0 Å². The van der Waals surface area contributed by atoms with Crippen LogP contribution in [0.2, 0.25) is 0 Å². The highest BCUT2D eigenvalue weighted by atomic mass is 16.7. The highest BCUT2D eigenvalue weighted by molar-refractivity contribution is 5.95. The molecule has 2 aromatic carbocycles. The number of nitrogens with one attached hydrogen (secondary N) is 1. The van der Waals surface area contributed by atoms with Crippen molar-refractivity contribution < 1.29 is 18.9 Å². The number of fused-ring (bicyclic) bond motifs is 4. The molecule has 0 fully saturated rings. The summed E-state index contributed by atoms with van der Waals surface area (Å²) in [4.78, 5) is 0. The molecule has 0 spiro atoms. The van der Waals surface area contributed by atoms with Gasteiger partial charge in [-0.05, 0) is 29.8 Å². The molecule has 140 valence electrons. The van der Waals surface area contributed by atoms with Gasteiger partial charge in [0.15, 0.2) is 11.5 Å². The van der Waals surface area contributed by atoms with Gasteiger partial charge in [-0.25, -0.2) is 0 Å². The summed E-state index contributed by atoms with van der Waals surface area (Å²) in [5.41, 5.74) is 2.68. The first-order valence-electron chi connectivity index (χ1n) is 8.83. The molecule has 2 aliphatic rings. The molecule has 2 unspecified atom stereocenters. The van der Waals surface area contributed by atoms with E-state index in [1.165, 1.54) is 0 Å². The van der Waals surface area contributed by atoms with Gasteiger partial charge in [0.25, 0.3) is 0 Å². The molecule has 0 radical (unpaired) electrons. The zero-order valence-electron chi connectivity index (χ0n) is 15.4. The number of methoxy groups -OCH3 is 1. The average molecular weight is 375 g/mol.